The van der Waals surface area contributed by atoms with Crippen LogP contribution < -0.4 is 15.5 Å². The van der Waals surface area contributed by atoms with Crippen LogP contribution in [0.15, 0.2) is 46.9 Å². The Kier molecular flexibility index (Phi) is 7.18. The molecule has 1 aromatic carbocycles. The van der Waals surface area contributed by atoms with E-state index in [0.29, 0.717) is 39.6 Å². The molecule has 32 heavy (non-hydrogen) atoms. The fourth-order valence-electron chi connectivity index (χ4n) is 4.03. The Morgan fingerprint density at radius 2 is 1.81 bits per heavy atom. The van der Waals surface area contributed by atoms with E-state index in [9.17, 15) is 0 Å². The van der Waals surface area contributed by atoms with E-state index in [1.165, 1.54) is 6.42 Å². The SMILES string of the molecule is C[C@H]1C[C@H](C)CN(c2cc(Cl)nc(NC(=S)NCc3ccc(-c4ccc(Cl)cc4)o3)n2)C1. The minimum absolute atomic E-state index is 0.372. The van der Waals surface area contributed by atoms with Gasteiger partial charge in [0.1, 0.15) is 22.5 Å². The van der Waals surface area contributed by atoms with Gasteiger partial charge in [0, 0.05) is 29.7 Å². The van der Waals surface area contributed by atoms with Crippen LogP contribution in [0.2, 0.25) is 10.2 Å². The Bertz CT molecular complexity index is 1080. The predicted molar refractivity (Wildman–Crippen MR) is 134 cm³/mol. The lowest BCUT2D eigenvalue weighted by Gasteiger charge is -2.35. The second-order valence-corrected chi connectivity index (χ2v) is 9.54. The maximum absolute atomic E-state index is 6.26. The number of nitrogens with zero attached hydrogens (tertiary/aromatic N) is 3. The van der Waals surface area contributed by atoms with Crippen LogP contribution in [0.3, 0.4) is 0 Å². The van der Waals surface area contributed by atoms with Gasteiger partial charge in [-0.25, -0.2) is 4.98 Å². The minimum Gasteiger partial charge on any atom is -0.459 e. The quantitative estimate of drug-likeness (QED) is 0.335. The molecule has 9 heteroatoms. The number of thiocarbonyl (C=S) groups is 1. The summed E-state index contributed by atoms with van der Waals surface area (Å²) in [5, 5.41) is 7.61. The highest BCUT2D eigenvalue weighted by atomic mass is 35.5. The Morgan fingerprint density at radius 3 is 2.53 bits per heavy atom. The first-order chi connectivity index (χ1) is 15.4. The summed E-state index contributed by atoms with van der Waals surface area (Å²) >= 11 is 17.6. The standard InChI is InChI=1S/C23H25Cl2N5OS/c1-14-9-15(2)13-30(12-14)21-10-20(25)27-22(28-21)29-23(32)26-11-18-7-8-19(31-18)16-3-5-17(24)6-4-16/h3-8,10,14-15H,9,11-13H2,1-2H3,(H2,26,27,28,29,32)/t14-,15-/m0/s1. The van der Waals surface area contributed by atoms with Gasteiger partial charge in [0.25, 0.3) is 0 Å². The first-order valence-corrected chi connectivity index (χ1v) is 11.7. The Hall–Kier alpha value is -2.35. The number of halogens is 2. The van der Waals surface area contributed by atoms with E-state index in [1.54, 1.807) is 6.07 Å². The van der Waals surface area contributed by atoms with Gasteiger partial charge in [0.2, 0.25) is 5.95 Å². The molecule has 0 bridgehead atoms. The van der Waals surface area contributed by atoms with Crippen molar-refractivity contribution in [2.75, 3.05) is 23.3 Å². The van der Waals surface area contributed by atoms with Gasteiger partial charge in [-0.2, -0.15) is 4.98 Å². The molecule has 6 nitrogen and oxygen atoms in total. The number of benzene rings is 1. The number of hydrogen-bond acceptors (Lipinski definition) is 5. The molecule has 0 unspecified atom stereocenters. The number of hydrogen-bond donors (Lipinski definition) is 2. The highest BCUT2D eigenvalue weighted by molar-refractivity contribution is 7.80. The molecule has 3 heterocycles. The van der Waals surface area contributed by atoms with Gasteiger partial charge in [-0.1, -0.05) is 37.0 Å². The van der Waals surface area contributed by atoms with Crippen molar-refractivity contribution in [2.24, 2.45) is 11.8 Å². The molecule has 1 fully saturated rings. The van der Waals surface area contributed by atoms with Crippen molar-refractivity contribution in [3.05, 3.63) is 58.4 Å². The van der Waals surface area contributed by atoms with Crippen LogP contribution in [0.25, 0.3) is 11.3 Å². The molecule has 0 radical (unpaired) electrons. The number of piperidine rings is 1. The summed E-state index contributed by atoms with van der Waals surface area (Å²) in [5.41, 5.74) is 0.961. The number of aromatic nitrogens is 2. The zero-order valence-corrected chi connectivity index (χ0v) is 20.3. The Balaban J connectivity index is 1.36. The van der Waals surface area contributed by atoms with E-state index in [0.717, 1.165) is 36.0 Å². The largest absolute Gasteiger partial charge is 0.459 e. The smallest absolute Gasteiger partial charge is 0.232 e. The molecule has 0 spiro atoms. The van der Waals surface area contributed by atoms with E-state index in [2.05, 4.69) is 39.3 Å². The van der Waals surface area contributed by atoms with E-state index < -0.39 is 0 Å². The second kappa shape index (κ2) is 10.1. The molecule has 168 valence electrons. The molecule has 4 rings (SSSR count). The predicted octanol–water partition coefficient (Wildman–Crippen LogP) is 6.01. The molecule has 2 atom stereocenters. The number of anilines is 2. The zero-order chi connectivity index (χ0) is 22.7. The van der Waals surface area contributed by atoms with E-state index in [-0.39, 0.29) is 0 Å². The van der Waals surface area contributed by atoms with Crippen molar-refractivity contribution in [1.29, 1.82) is 0 Å². The lowest BCUT2D eigenvalue weighted by molar-refractivity contribution is 0.355. The summed E-state index contributed by atoms with van der Waals surface area (Å²) in [4.78, 5) is 11.2. The third kappa shape index (κ3) is 5.91. The lowest BCUT2D eigenvalue weighted by Crippen LogP contribution is -2.39. The van der Waals surface area contributed by atoms with Gasteiger partial charge in [-0.3, -0.25) is 0 Å². The molecule has 1 aliphatic heterocycles. The van der Waals surface area contributed by atoms with Crippen LogP contribution in [0.1, 0.15) is 26.0 Å². The summed E-state index contributed by atoms with van der Waals surface area (Å²) in [7, 11) is 0. The highest BCUT2D eigenvalue weighted by Crippen LogP contribution is 2.27. The third-order valence-corrected chi connectivity index (χ3v) is 6.01. The van der Waals surface area contributed by atoms with Gasteiger partial charge >= 0.3 is 0 Å². The number of furan rings is 1. The normalized spacial score (nSPS) is 18.4. The van der Waals surface area contributed by atoms with Crippen molar-refractivity contribution in [2.45, 2.75) is 26.8 Å². The molecular formula is C23H25Cl2N5OS. The van der Waals surface area contributed by atoms with Gasteiger partial charge in [-0.15, -0.1) is 0 Å². The molecule has 1 saturated heterocycles. The van der Waals surface area contributed by atoms with Crippen LogP contribution >= 0.6 is 35.4 Å². The minimum atomic E-state index is 0.372. The van der Waals surface area contributed by atoms with Crippen LogP contribution in [0.4, 0.5) is 11.8 Å². The lowest BCUT2D eigenvalue weighted by atomic mass is 9.92. The molecule has 0 saturated carbocycles. The Morgan fingerprint density at radius 1 is 1.09 bits per heavy atom. The molecule has 3 aromatic rings. The summed E-state index contributed by atoms with van der Waals surface area (Å²) in [6, 6.07) is 13.1. The molecular weight excluding hydrogens is 465 g/mol. The topological polar surface area (TPSA) is 66.2 Å². The van der Waals surface area contributed by atoms with E-state index >= 15 is 0 Å². The fourth-order valence-corrected chi connectivity index (χ4v) is 4.50. The van der Waals surface area contributed by atoms with E-state index in [4.69, 9.17) is 39.8 Å². The molecule has 2 N–H and O–H groups in total. The summed E-state index contributed by atoms with van der Waals surface area (Å²) in [6.45, 7) is 6.85. The van der Waals surface area contributed by atoms with Crippen LogP contribution in [0.5, 0.6) is 0 Å². The number of rotatable bonds is 5. The molecule has 1 aliphatic rings. The van der Waals surface area contributed by atoms with Gasteiger partial charge in [0.15, 0.2) is 5.11 Å². The summed E-state index contributed by atoms with van der Waals surface area (Å²) in [6.07, 6.45) is 1.22. The second-order valence-electron chi connectivity index (χ2n) is 8.30. The molecule has 0 amide bonds. The number of nitrogens with one attached hydrogen (secondary N) is 2. The first-order valence-electron chi connectivity index (χ1n) is 10.5. The average molecular weight is 490 g/mol. The van der Waals surface area contributed by atoms with Crippen molar-refractivity contribution in [3.63, 3.8) is 0 Å². The fraction of sp³-hybridized carbons (Fsp3) is 0.348. The molecule has 2 aromatic heterocycles. The first kappa shape index (κ1) is 22.8. The average Bonchev–Trinajstić information content (AvgIpc) is 3.21. The van der Waals surface area contributed by atoms with Gasteiger partial charge in [0.05, 0.1) is 6.54 Å². The summed E-state index contributed by atoms with van der Waals surface area (Å²) in [5.74, 6) is 3.92. The van der Waals surface area contributed by atoms with Crippen molar-refractivity contribution in [3.8, 4) is 11.3 Å². The Labute approximate surface area is 203 Å². The van der Waals surface area contributed by atoms with Crippen molar-refractivity contribution in [1.82, 2.24) is 15.3 Å². The van der Waals surface area contributed by atoms with Gasteiger partial charge < -0.3 is 20.0 Å². The van der Waals surface area contributed by atoms with Crippen LogP contribution in [0, 0.1) is 11.8 Å². The van der Waals surface area contributed by atoms with Gasteiger partial charge in [-0.05, 0) is 66.9 Å². The molecule has 0 aliphatic carbocycles. The third-order valence-electron chi connectivity index (χ3n) is 5.31. The highest BCUT2D eigenvalue weighted by Gasteiger charge is 2.23. The van der Waals surface area contributed by atoms with E-state index in [1.807, 2.05) is 36.4 Å². The summed E-state index contributed by atoms with van der Waals surface area (Å²) < 4.78 is 5.90. The van der Waals surface area contributed by atoms with Crippen molar-refractivity contribution < 1.29 is 4.42 Å². The van der Waals surface area contributed by atoms with Crippen LogP contribution in [-0.2, 0) is 6.54 Å². The maximum atomic E-state index is 6.26. The van der Waals surface area contributed by atoms with Crippen LogP contribution in [-0.4, -0.2) is 28.2 Å². The van der Waals surface area contributed by atoms with Crippen molar-refractivity contribution >= 4 is 52.3 Å². The maximum Gasteiger partial charge on any atom is 0.232 e. The monoisotopic (exact) mass is 489 g/mol. The zero-order valence-electron chi connectivity index (χ0n) is 17.9.